The summed E-state index contributed by atoms with van der Waals surface area (Å²) in [5.41, 5.74) is 0. The first-order valence-electron chi connectivity index (χ1n) is 8.62. The van der Waals surface area contributed by atoms with Gasteiger partial charge in [0.1, 0.15) is 0 Å². The van der Waals surface area contributed by atoms with Crippen LogP contribution in [0.4, 0.5) is 0 Å². The van der Waals surface area contributed by atoms with Crippen LogP contribution in [0.5, 0.6) is 0 Å². The molecule has 20 heavy (non-hydrogen) atoms. The maximum absolute atomic E-state index is 9.93. The molecule has 3 nitrogen and oxygen atoms in total. The van der Waals surface area contributed by atoms with Crippen LogP contribution in [0.1, 0.15) is 65.7 Å². The summed E-state index contributed by atoms with van der Waals surface area (Å²) in [5, 5.41) is 13.5. The predicted octanol–water partition coefficient (Wildman–Crippen LogP) is 3.36. The summed E-state index contributed by atoms with van der Waals surface area (Å²) >= 11 is 0. The van der Waals surface area contributed by atoms with Crippen molar-refractivity contribution in [3.05, 3.63) is 0 Å². The van der Waals surface area contributed by atoms with Crippen LogP contribution in [0.3, 0.4) is 0 Å². The topological polar surface area (TPSA) is 41.5 Å². The normalized spacial score (nSPS) is 28.5. The Kier molecular flexibility index (Phi) is 9.49. The first-order chi connectivity index (χ1) is 9.63. The van der Waals surface area contributed by atoms with E-state index in [1.807, 2.05) is 0 Å². The summed E-state index contributed by atoms with van der Waals surface area (Å²) in [5.74, 6) is 1.58. The highest BCUT2D eigenvalue weighted by atomic mass is 16.5. The van der Waals surface area contributed by atoms with Gasteiger partial charge in [-0.2, -0.15) is 0 Å². The number of aliphatic hydroxyl groups excluding tert-OH is 1. The van der Waals surface area contributed by atoms with E-state index in [1.54, 1.807) is 0 Å². The zero-order valence-corrected chi connectivity index (χ0v) is 13.7. The number of unbranched alkanes of at least 4 members (excludes halogenated alkanes) is 3. The van der Waals surface area contributed by atoms with Gasteiger partial charge in [0, 0.05) is 19.2 Å². The van der Waals surface area contributed by atoms with Crippen molar-refractivity contribution in [2.75, 3.05) is 19.8 Å². The molecule has 0 aromatic heterocycles. The van der Waals surface area contributed by atoms with Gasteiger partial charge in [-0.3, -0.25) is 0 Å². The van der Waals surface area contributed by atoms with E-state index >= 15 is 0 Å². The smallest absolute Gasteiger partial charge is 0.0897 e. The predicted molar refractivity (Wildman–Crippen MR) is 84.9 cm³/mol. The number of hydrogen-bond acceptors (Lipinski definition) is 3. The number of hydrogen-bond donors (Lipinski definition) is 2. The summed E-state index contributed by atoms with van der Waals surface area (Å²) in [4.78, 5) is 0. The zero-order chi connectivity index (χ0) is 14.8. The molecule has 1 aliphatic carbocycles. The lowest BCUT2D eigenvalue weighted by molar-refractivity contribution is 0.0318. The van der Waals surface area contributed by atoms with Crippen molar-refractivity contribution >= 4 is 0 Å². The van der Waals surface area contributed by atoms with E-state index in [2.05, 4.69) is 26.1 Å². The lowest BCUT2D eigenvalue weighted by Gasteiger charge is -2.33. The third-order valence-electron chi connectivity index (χ3n) is 4.50. The zero-order valence-electron chi connectivity index (χ0n) is 13.7. The summed E-state index contributed by atoms with van der Waals surface area (Å²) in [7, 11) is 0. The largest absolute Gasteiger partial charge is 0.389 e. The van der Waals surface area contributed by atoms with Crippen LogP contribution in [-0.4, -0.2) is 37.0 Å². The van der Waals surface area contributed by atoms with Crippen molar-refractivity contribution in [2.45, 2.75) is 77.9 Å². The quantitative estimate of drug-likeness (QED) is 0.605. The molecule has 2 N–H and O–H groups in total. The van der Waals surface area contributed by atoms with Crippen LogP contribution in [0.15, 0.2) is 0 Å². The molecule has 0 saturated heterocycles. The second kappa shape index (κ2) is 10.6. The Hall–Kier alpha value is -0.120. The van der Waals surface area contributed by atoms with Gasteiger partial charge in [-0.15, -0.1) is 0 Å². The van der Waals surface area contributed by atoms with Crippen molar-refractivity contribution < 1.29 is 9.84 Å². The lowest BCUT2D eigenvalue weighted by atomic mass is 9.80. The highest BCUT2D eigenvalue weighted by molar-refractivity contribution is 4.81. The molecular formula is C17H35NO2. The Morgan fingerprint density at radius 2 is 2.00 bits per heavy atom. The van der Waals surface area contributed by atoms with E-state index in [4.69, 9.17) is 4.74 Å². The average Bonchev–Trinajstić information content (AvgIpc) is 2.41. The first kappa shape index (κ1) is 17.9. The van der Waals surface area contributed by atoms with Gasteiger partial charge >= 0.3 is 0 Å². The molecule has 0 heterocycles. The monoisotopic (exact) mass is 285 g/mol. The van der Waals surface area contributed by atoms with Crippen molar-refractivity contribution in [1.29, 1.82) is 0 Å². The number of nitrogens with one attached hydrogen (secondary N) is 1. The maximum Gasteiger partial charge on any atom is 0.0897 e. The van der Waals surface area contributed by atoms with E-state index in [-0.39, 0.29) is 6.10 Å². The third kappa shape index (κ3) is 7.61. The van der Waals surface area contributed by atoms with Gasteiger partial charge in [0.05, 0.1) is 12.7 Å². The van der Waals surface area contributed by atoms with Gasteiger partial charge in [0.15, 0.2) is 0 Å². The Morgan fingerprint density at radius 3 is 2.70 bits per heavy atom. The van der Waals surface area contributed by atoms with Gasteiger partial charge in [0.2, 0.25) is 0 Å². The molecule has 4 unspecified atom stereocenters. The van der Waals surface area contributed by atoms with E-state index < -0.39 is 0 Å². The second-order valence-corrected chi connectivity index (χ2v) is 6.70. The van der Waals surface area contributed by atoms with Crippen LogP contribution in [0.25, 0.3) is 0 Å². The molecular weight excluding hydrogens is 250 g/mol. The summed E-state index contributed by atoms with van der Waals surface area (Å²) in [6.45, 7) is 8.80. The first-order valence-corrected chi connectivity index (χ1v) is 8.62. The molecule has 3 heteroatoms. The number of rotatable bonds is 10. The molecule has 0 spiro atoms. The van der Waals surface area contributed by atoms with Crippen molar-refractivity contribution in [1.82, 2.24) is 5.32 Å². The fourth-order valence-electron chi connectivity index (χ4n) is 3.17. The SMILES string of the molecule is CCCCCCOCC(O)CNC1CCC(C)CC1C. The summed E-state index contributed by atoms with van der Waals surface area (Å²) < 4.78 is 5.54. The third-order valence-corrected chi connectivity index (χ3v) is 4.50. The minimum absolute atomic E-state index is 0.368. The highest BCUT2D eigenvalue weighted by Crippen LogP contribution is 2.28. The summed E-state index contributed by atoms with van der Waals surface area (Å²) in [6.07, 6.45) is 8.39. The Labute approximate surface area is 125 Å². The molecule has 1 fully saturated rings. The molecule has 120 valence electrons. The maximum atomic E-state index is 9.93. The average molecular weight is 285 g/mol. The Bertz CT molecular complexity index is 235. The Balaban J connectivity index is 2.00. The molecule has 1 rings (SSSR count). The summed E-state index contributed by atoms with van der Waals surface area (Å²) in [6, 6.07) is 0.574. The molecule has 1 saturated carbocycles. The standard InChI is InChI=1S/C17H35NO2/c1-4-5-6-7-10-20-13-16(19)12-18-17-9-8-14(2)11-15(17)3/h14-19H,4-13H2,1-3H3. The molecule has 4 atom stereocenters. The Morgan fingerprint density at radius 1 is 1.20 bits per heavy atom. The highest BCUT2D eigenvalue weighted by Gasteiger charge is 2.25. The van der Waals surface area contributed by atoms with Gasteiger partial charge in [-0.1, -0.05) is 40.0 Å². The lowest BCUT2D eigenvalue weighted by Crippen LogP contribution is -2.43. The van der Waals surface area contributed by atoms with Crippen LogP contribution in [0, 0.1) is 11.8 Å². The van der Waals surface area contributed by atoms with E-state index in [9.17, 15) is 5.11 Å². The van der Waals surface area contributed by atoms with Crippen molar-refractivity contribution in [2.24, 2.45) is 11.8 Å². The van der Waals surface area contributed by atoms with Crippen LogP contribution in [0.2, 0.25) is 0 Å². The molecule has 0 amide bonds. The van der Waals surface area contributed by atoms with Gasteiger partial charge < -0.3 is 15.2 Å². The number of aliphatic hydroxyl groups is 1. The molecule has 1 aliphatic rings. The van der Waals surface area contributed by atoms with Crippen LogP contribution in [-0.2, 0) is 4.74 Å². The second-order valence-electron chi connectivity index (χ2n) is 6.70. The number of ether oxygens (including phenoxy) is 1. The van der Waals surface area contributed by atoms with Gasteiger partial charge in [0.25, 0.3) is 0 Å². The van der Waals surface area contributed by atoms with E-state index in [0.717, 1.165) is 24.9 Å². The molecule has 0 aromatic rings. The minimum atomic E-state index is -0.368. The van der Waals surface area contributed by atoms with E-state index in [1.165, 1.54) is 38.5 Å². The molecule has 0 radical (unpaired) electrons. The van der Waals surface area contributed by atoms with Gasteiger partial charge in [-0.05, 0) is 37.5 Å². The molecule has 0 aromatic carbocycles. The molecule has 0 bridgehead atoms. The van der Waals surface area contributed by atoms with Crippen LogP contribution >= 0.6 is 0 Å². The van der Waals surface area contributed by atoms with Crippen molar-refractivity contribution in [3.8, 4) is 0 Å². The van der Waals surface area contributed by atoms with E-state index in [0.29, 0.717) is 19.2 Å². The van der Waals surface area contributed by atoms with Crippen molar-refractivity contribution in [3.63, 3.8) is 0 Å². The van der Waals surface area contributed by atoms with Gasteiger partial charge in [-0.25, -0.2) is 0 Å². The molecule has 0 aliphatic heterocycles. The minimum Gasteiger partial charge on any atom is -0.389 e. The fraction of sp³-hybridized carbons (Fsp3) is 1.00. The van der Waals surface area contributed by atoms with Crippen LogP contribution < -0.4 is 5.32 Å². The fourth-order valence-corrected chi connectivity index (χ4v) is 3.17.